The van der Waals surface area contributed by atoms with Crippen molar-refractivity contribution < 1.29 is 19.1 Å². The molecule has 0 aromatic rings. The summed E-state index contributed by atoms with van der Waals surface area (Å²) >= 11 is 7.00. The van der Waals surface area contributed by atoms with Crippen LogP contribution in [-0.2, 0) is 19.1 Å². The molecule has 0 bridgehead atoms. The van der Waals surface area contributed by atoms with Gasteiger partial charge in [0.1, 0.15) is 0 Å². The van der Waals surface area contributed by atoms with Crippen LogP contribution in [0.1, 0.15) is 59.8 Å². The second kappa shape index (κ2) is 6.62. The van der Waals surface area contributed by atoms with Crippen LogP contribution in [0.15, 0.2) is 24.3 Å². The lowest BCUT2D eigenvalue weighted by molar-refractivity contribution is -0.287. The summed E-state index contributed by atoms with van der Waals surface area (Å²) in [5.74, 6) is -0.914. The van der Waals surface area contributed by atoms with Crippen molar-refractivity contribution in [3.05, 3.63) is 24.3 Å². The number of alkyl halides is 1. The first-order valence-corrected chi connectivity index (χ1v) is 11.0. The molecule has 4 rings (SSSR count). The zero-order valence-corrected chi connectivity index (χ0v) is 18.0. The Balaban J connectivity index is 1.83. The molecule has 4 aliphatic carbocycles. The minimum absolute atomic E-state index is 0.0374. The maximum atomic E-state index is 12.1. The number of hydrogen-bond acceptors (Lipinski definition) is 4. The first-order valence-electron chi connectivity index (χ1n) is 10.5. The van der Waals surface area contributed by atoms with Gasteiger partial charge in [0.25, 0.3) is 5.79 Å². The van der Waals surface area contributed by atoms with Gasteiger partial charge in [-0.25, -0.2) is 0 Å². The molecule has 28 heavy (non-hydrogen) atoms. The Labute approximate surface area is 172 Å². The molecule has 2 fully saturated rings. The second-order valence-electron chi connectivity index (χ2n) is 9.69. The standard InChI is InChI=1S/C23H31ClO4/c1-14(25)27-23(28-15(2)26)11-6-8-19-20(24)13-16-17-7-5-10-21(17,3)12-9-18(16)22(19,23)4/h5-6,10-11,16-20H,7-9,12-13H2,1-4H3/t16-,17-,18-,19?,20+,21-,22+/m0/s1. The summed E-state index contributed by atoms with van der Waals surface area (Å²) in [6.45, 7) is 7.26. The number of esters is 2. The van der Waals surface area contributed by atoms with Crippen LogP contribution in [0, 0.1) is 34.5 Å². The van der Waals surface area contributed by atoms with Gasteiger partial charge in [0.15, 0.2) is 0 Å². The van der Waals surface area contributed by atoms with Gasteiger partial charge in [-0.2, -0.15) is 0 Å². The van der Waals surface area contributed by atoms with E-state index in [2.05, 4.69) is 26.0 Å². The minimum atomic E-state index is -1.39. The van der Waals surface area contributed by atoms with E-state index in [0.29, 0.717) is 11.8 Å². The third-order valence-electron chi connectivity index (χ3n) is 8.31. The minimum Gasteiger partial charge on any atom is -0.418 e. The van der Waals surface area contributed by atoms with Crippen LogP contribution in [0.25, 0.3) is 0 Å². The van der Waals surface area contributed by atoms with Gasteiger partial charge in [0.05, 0.1) is 5.41 Å². The van der Waals surface area contributed by atoms with Gasteiger partial charge in [-0.05, 0) is 67.3 Å². The van der Waals surface area contributed by atoms with Gasteiger partial charge >= 0.3 is 11.9 Å². The van der Waals surface area contributed by atoms with E-state index in [-0.39, 0.29) is 22.6 Å². The van der Waals surface area contributed by atoms with Crippen molar-refractivity contribution in [3.63, 3.8) is 0 Å². The molecule has 1 unspecified atom stereocenters. The predicted octanol–water partition coefficient (Wildman–Crippen LogP) is 5.01. The molecule has 0 N–H and O–H groups in total. The number of carbonyl (C=O) groups excluding carboxylic acids is 2. The van der Waals surface area contributed by atoms with Gasteiger partial charge in [-0.1, -0.05) is 32.1 Å². The Kier molecular flexibility index (Phi) is 4.73. The first kappa shape index (κ1) is 20.0. The van der Waals surface area contributed by atoms with Crippen LogP contribution in [-0.4, -0.2) is 23.1 Å². The summed E-state index contributed by atoms with van der Waals surface area (Å²) in [5.41, 5.74) is -0.324. The molecule has 7 atom stereocenters. The predicted molar refractivity (Wildman–Crippen MR) is 107 cm³/mol. The van der Waals surface area contributed by atoms with Crippen molar-refractivity contribution in [2.45, 2.75) is 71.0 Å². The lowest BCUT2D eigenvalue weighted by atomic mass is 9.44. The monoisotopic (exact) mass is 406 g/mol. The van der Waals surface area contributed by atoms with E-state index in [1.54, 1.807) is 6.08 Å². The number of halogens is 1. The summed E-state index contributed by atoms with van der Waals surface area (Å²) in [5, 5.41) is -0.0374. The van der Waals surface area contributed by atoms with Crippen LogP contribution in [0.3, 0.4) is 0 Å². The fourth-order valence-electron chi connectivity index (χ4n) is 7.11. The van der Waals surface area contributed by atoms with E-state index in [0.717, 1.165) is 32.1 Å². The van der Waals surface area contributed by atoms with E-state index < -0.39 is 23.1 Å². The maximum absolute atomic E-state index is 12.1. The molecular weight excluding hydrogens is 376 g/mol. The molecule has 0 aliphatic heterocycles. The quantitative estimate of drug-likeness (QED) is 0.280. The summed E-state index contributed by atoms with van der Waals surface area (Å²) in [6, 6.07) is 0. The molecule has 0 radical (unpaired) electrons. The zero-order valence-electron chi connectivity index (χ0n) is 17.2. The Morgan fingerprint density at radius 3 is 2.21 bits per heavy atom. The van der Waals surface area contributed by atoms with Crippen molar-refractivity contribution in [1.29, 1.82) is 0 Å². The Morgan fingerprint density at radius 1 is 0.964 bits per heavy atom. The smallest absolute Gasteiger partial charge is 0.306 e. The summed E-state index contributed by atoms with van der Waals surface area (Å²) in [4.78, 5) is 24.2. The average molecular weight is 407 g/mol. The van der Waals surface area contributed by atoms with Crippen molar-refractivity contribution >= 4 is 23.5 Å². The van der Waals surface area contributed by atoms with E-state index >= 15 is 0 Å². The lowest BCUT2D eigenvalue weighted by Crippen LogP contribution is -2.66. The molecule has 5 heteroatoms. The fourth-order valence-corrected chi connectivity index (χ4v) is 7.68. The van der Waals surface area contributed by atoms with Crippen molar-refractivity contribution in [2.24, 2.45) is 34.5 Å². The normalized spacial score (nSPS) is 45.5. The Morgan fingerprint density at radius 2 is 1.57 bits per heavy atom. The van der Waals surface area contributed by atoms with Crippen LogP contribution < -0.4 is 0 Å². The zero-order chi connectivity index (χ0) is 20.3. The lowest BCUT2D eigenvalue weighted by Gasteiger charge is -2.63. The molecule has 0 saturated heterocycles. The number of hydrogen-bond donors (Lipinski definition) is 0. The van der Waals surface area contributed by atoms with Crippen molar-refractivity contribution in [2.75, 3.05) is 0 Å². The van der Waals surface area contributed by atoms with Gasteiger partial charge in [0, 0.05) is 19.2 Å². The highest BCUT2D eigenvalue weighted by Crippen LogP contribution is 2.67. The highest BCUT2D eigenvalue weighted by molar-refractivity contribution is 6.21. The molecule has 0 aromatic carbocycles. The summed E-state index contributed by atoms with van der Waals surface area (Å²) in [7, 11) is 0. The Bertz CT molecular complexity index is 727. The maximum Gasteiger partial charge on any atom is 0.306 e. The topological polar surface area (TPSA) is 52.6 Å². The van der Waals surface area contributed by atoms with Crippen LogP contribution in [0.5, 0.6) is 0 Å². The number of ether oxygens (including phenoxy) is 2. The summed E-state index contributed by atoms with van der Waals surface area (Å²) < 4.78 is 11.7. The van der Waals surface area contributed by atoms with E-state index in [1.807, 2.05) is 6.08 Å². The van der Waals surface area contributed by atoms with Gasteiger partial charge in [-0.15, -0.1) is 11.6 Å². The van der Waals surface area contributed by atoms with Gasteiger partial charge in [-0.3, -0.25) is 9.59 Å². The number of fused-ring (bicyclic) bond motifs is 5. The van der Waals surface area contributed by atoms with Crippen LogP contribution >= 0.6 is 11.6 Å². The molecule has 0 aromatic heterocycles. The molecule has 154 valence electrons. The van der Waals surface area contributed by atoms with E-state index in [9.17, 15) is 9.59 Å². The van der Waals surface area contributed by atoms with Crippen LogP contribution in [0.2, 0.25) is 0 Å². The van der Waals surface area contributed by atoms with E-state index in [4.69, 9.17) is 21.1 Å². The molecule has 2 saturated carbocycles. The summed E-state index contributed by atoms with van der Waals surface area (Å²) in [6.07, 6.45) is 13.5. The molecule has 0 heterocycles. The number of rotatable bonds is 2. The molecule has 0 spiro atoms. The first-order chi connectivity index (χ1) is 13.1. The fraction of sp³-hybridized carbons (Fsp3) is 0.739. The van der Waals surface area contributed by atoms with Crippen LogP contribution in [0.4, 0.5) is 0 Å². The third-order valence-corrected chi connectivity index (χ3v) is 8.79. The third kappa shape index (κ3) is 2.70. The molecular formula is C23H31ClO4. The molecule has 4 nitrogen and oxygen atoms in total. The average Bonchev–Trinajstić information content (AvgIpc) is 2.98. The molecule has 4 aliphatic rings. The number of carbonyl (C=O) groups is 2. The van der Waals surface area contributed by atoms with Crippen molar-refractivity contribution in [1.82, 2.24) is 0 Å². The molecule has 0 amide bonds. The Hall–Kier alpha value is -1.29. The van der Waals surface area contributed by atoms with E-state index in [1.165, 1.54) is 13.8 Å². The second-order valence-corrected chi connectivity index (χ2v) is 10.3. The van der Waals surface area contributed by atoms with Crippen molar-refractivity contribution in [3.8, 4) is 0 Å². The largest absolute Gasteiger partial charge is 0.418 e. The highest BCUT2D eigenvalue weighted by atomic mass is 35.5. The van der Waals surface area contributed by atoms with Gasteiger partial charge in [0.2, 0.25) is 0 Å². The highest BCUT2D eigenvalue weighted by Gasteiger charge is 2.68. The van der Waals surface area contributed by atoms with Gasteiger partial charge < -0.3 is 9.47 Å². The SMILES string of the molecule is CC(=O)OC1(OC(C)=O)C=CCC2[C@H](Cl)C[C@H]3[C@@H]4CC=C[C@@]4(C)CC[C@@H]3[C@]21C. The number of allylic oxidation sites excluding steroid dienone is 3.